The first-order valence-corrected chi connectivity index (χ1v) is 8.09. The van der Waals surface area contributed by atoms with Crippen LogP contribution in [0.1, 0.15) is 50.8 Å². The average Bonchev–Trinajstić information content (AvgIpc) is 2.92. The van der Waals surface area contributed by atoms with Crippen LogP contribution in [0.15, 0.2) is 34.7 Å². The van der Waals surface area contributed by atoms with Crippen molar-refractivity contribution in [2.45, 2.75) is 50.7 Å². The Bertz CT molecular complexity index is 545. The van der Waals surface area contributed by atoms with Crippen LogP contribution in [0.5, 0.6) is 0 Å². The summed E-state index contributed by atoms with van der Waals surface area (Å²) in [7, 11) is 2.01. The summed E-state index contributed by atoms with van der Waals surface area (Å²) >= 11 is 0. The minimum absolute atomic E-state index is 0.116. The fourth-order valence-electron chi connectivity index (χ4n) is 3.76. The number of hydrogen-bond donors (Lipinski definition) is 1. The zero-order chi connectivity index (χ0) is 14.7. The minimum atomic E-state index is -0.129. The lowest BCUT2D eigenvalue weighted by Crippen LogP contribution is -2.46. The molecule has 0 radical (unpaired) electrons. The molecule has 0 amide bonds. The molecule has 1 saturated carbocycles. The van der Waals surface area contributed by atoms with Gasteiger partial charge in [-0.05, 0) is 38.9 Å². The van der Waals surface area contributed by atoms with E-state index in [1.54, 1.807) is 0 Å². The predicted molar refractivity (Wildman–Crippen MR) is 85.5 cm³/mol. The van der Waals surface area contributed by atoms with E-state index in [-0.39, 0.29) is 11.6 Å². The summed E-state index contributed by atoms with van der Waals surface area (Å²) < 4.78 is 12.4. The van der Waals surface area contributed by atoms with Crippen LogP contribution in [-0.4, -0.2) is 19.3 Å². The number of ether oxygens (including phenoxy) is 1. The average molecular weight is 287 g/mol. The number of fused-ring (bicyclic) bond motifs is 1. The molecular weight excluding hydrogens is 262 g/mol. The number of nitrogens with one attached hydrogen (secondary N) is 1. The molecule has 0 spiro atoms. The zero-order valence-electron chi connectivity index (χ0n) is 13.0. The summed E-state index contributed by atoms with van der Waals surface area (Å²) in [5.74, 6) is 0.994. The van der Waals surface area contributed by atoms with Crippen LogP contribution in [0.25, 0.3) is 11.0 Å². The van der Waals surface area contributed by atoms with E-state index in [0.717, 1.165) is 36.2 Å². The first-order valence-electron chi connectivity index (χ1n) is 8.09. The first-order chi connectivity index (χ1) is 10.3. The lowest BCUT2D eigenvalue weighted by molar-refractivity contribution is -0.0934. The summed E-state index contributed by atoms with van der Waals surface area (Å²) in [6.07, 6.45) is 5.98. The molecular formula is C18H25NO2. The van der Waals surface area contributed by atoms with Gasteiger partial charge in [-0.1, -0.05) is 37.5 Å². The lowest BCUT2D eigenvalue weighted by Gasteiger charge is -2.42. The highest BCUT2D eigenvalue weighted by molar-refractivity contribution is 5.77. The van der Waals surface area contributed by atoms with E-state index < -0.39 is 0 Å². The molecule has 3 rings (SSSR count). The monoisotopic (exact) mass is 287 g/mol. The fraction of sp³-hybridized carbons (Fsp3) is 0.556. The van der Waals surface area contributed by atoms with E-state index in [4.69, 9.17) is 9.15 Å². The van der Waals surface area contributed by atoms with E-state index in [2.05, 4.69) is 30.4 Å². The van der Waals surface area contributed by atoms with Gasteiger partial charge in [0, 0.05) is 12.0 Å². The third-order valence-electron chi connectivity index (χ3n) is 4.68. The van der Waals surface area contributed by atoms with Crippen molar-refractivity contribution in [2.75, 3.05) is 13.7 Å². The van der Waals surface area contributed by atoms with Gasteiger partial charge < -0.3 is 14.5 Å². The molecule has 1 fully saturated rings. The lowest BCUT2D eigenvalue weighted by atomic mass is 9.78. The number of furan rings is 1. The summed E-state index contributed by atoms with van der Waals surface area (Å²) in [5.41, 5.74) is 0.825. The van der Waals surface area contributed by atoms with Gasteiger partial charge in [-0.3, -0.25) is 0 Å². The Morgan fingerprint density at radius 3 is 2.67 bits per heavy atom. The molecule has 0 bridgehead atoms. The highest BCUT2D eigenvalue weighted by Gasteiger charge is 2.42. The van der Waals surface area contributed by atoms with Crippen molar-refractivity contribution in [1.82, 2.24) is 5.32 Å². The van der Waals surface area contributed by atoms with Gasteiger partial charge >= 0.3 is 0 Å². The molecule has 0 saturated heterocycles. The molecule has 1 aliphatic rings. The van der Waals surface area contributed by atoms with Crippen LogP contribution < -0.4 is 5.32 Å². The van der Waals surface area contributed by atoms with Gasteiger partial charge in [0.2, 0.25) is 0 Å². The van der Waals surface area contributed by atoms with Crippen molar-refractivity contribution in [3.05, 3.63) is 36.1 Å². The molecule has 0 aliphatic heterocycles. The van der Waals surface area contributed by atoms with Crippen molar-refractivity contribution in [2.24, 2.45) is 0 Å². The normalized spacial score (nSPS) is 19.7. The SMILES string of the molecule is CCOC1(C(NC)c2cc3ccccc3o2)CCCCC1. The maximum atomic E-state index is 6.25. The van der Waals surface area contributed by atoms with E-state index in [0.29, 0.717) is 0 Å². The molecule has 3 heteroatoms. The number of likely N-dealkylation sites (N-methyl/N-ethyl adjacent to an activating group) is 1. The molecule has 3 nitrogen and oxygen atoms in total. The molecule has 21 heavy (non-hydrogen) atoms. The molecule has 1 heterocycles. The second-order valence-corrected chi connectivity index (χ2v) is 5.97. The molecule has 1 aromatic carbocycles. The number of para-hydroxylation sites is 1. The van der Waals surface area contributed by atoms with Crippen molar-refractivity contribution in [1.29, 1.82) is 0 Å². The third-order valence-corrected chi connectivity index (χ3v) is 4.68. The quantitative estimate of drug-likeness (QED) is 0.883. The van der Waals surface area contributed by atoms with E-state index in [1.165, 1.54) is 19.3 Å². The molecule has 2 aromatic rings. The van der Waals surface area contributed by atoms with Crippen molar-refractivity contribution >= 4 is 11.0 Å². The summed E-state index contributed by atoms with van der Waals surface area (Å²) in [4.78, 5) is 0. The Balaban J connectivity index is 1.98. The number of benzene rings is 1. The fourth-order valence-corrected chi connectivity index (χ4v) is 3.76. The highest BCUT2D eigenvalue weighted by Crippen LogP contribution is 2.42. The van der Waals surface area contributed by atoms with Crippen LogP contribution in [0.2, 0.25) is 0 Å². The van der Waals surface area contributed by atoms with Crippen LogP contribution in [-0.2, 0) is 4.74 Å². The van der Waals surface area contributed by atoms with Gasteiger partial charge in [-0.15, -0.1) is 0 Å². The van der Waals surface area contributed by atoms with Gasteiger partial charge in [-0.2, -0.15) is 0 Å². The topological polar surface area (TPSA) is 34.4 Å². The van der Waals surface area contributed by atoms with Gasteiger partial charge in [0.05, 0.1) is 11.6 Å². The molecule has 1 atom stereocenters. The van der Waals surface area contributed by atoms with Crippen LogP contribution in [0, 0.1) is 0 Å². The summed E-state index contributed by atoms with van der Waals surface area (Å²) in [5, 5.41) is 4.62. The predicted octanol–water partition coefficient (Wildman–Crippen LogP) is 4.43. The Kier molecular flexibility index (Phi) is 4.32. The first kappa shape index (κ1) is 14.6. The van der Waals surface area contributed by atoms with Crippen molar-refractivity contribution in [3.63, 3.8) is 0 Å². The minimum Gasteiger partial charge on any atom is -0.459 e. The van der Waals surface area contributed by atoms with Crippen LogP contribution in [0.4, 0.5) is 0 Å². The van der Waals surface area contributed by atoms with Crippen molar-refractivity contribution < 1.29 is 9.15 Å². The van der Waals surface area contributed by atoms with Crippen LogP contribution >= 0.6 is 0 Å². The van der Waals surface area contributed by atoms with Gasteiger partial charge in [0.1, 0.15) is 11.3 Å². The summed E-state index contributed by atoms with van der Waals surface area (Å²) in [6.45, 7) is 2.83. The van der Waals surface area contributed by atoms with Crippen LogP contribution in [0.3, 0.4) is 0 Å². The van der Waals surface area contributed by atoms with E-state index in [9.17, 15) is 0 Å². The van der Waals surface area contributed by atoms with Gasteiger partial charge in [0.15, 0.2) is 0 Å². The second kappa shape index (κ2) is 6.20. The molecule has 1 aromatic heterocycles. The largest absolute Gasteiger partial charge is 0.459 e. The molecule has 1 unspecified atom stereocenters. The molecule has 1 aliphatic carbocycles. The Labute approximate surface area is 126 Å². The maximum Gasteiger partial charge on any atom is 0.134 e. The molecule has 114 valence electrons. The van der Waals surface area contributed by atoms with Gasteiger partial charge in [-0.25, -0.2) is 0 Å². The maximum absolute atomic E-state index is 6.25. The van der Waals surface area contributed by atoms with Gasteiger partial charge in [0.25, 0.3) is 0 Å². The van der Waals surface area contributed by atoms with Crippen molar-refractivity contribution in [3.8, 4) is 0 Å². The Morgan fingerprint density at radius 1 is 1.24 bits per heavy atom. The Morgan fingerprint density at radius 2 is 2.00 bits per heavy atom. The molecule has 1 N–H and O–H groups in total. The smallest absolute Gasteiger partial charge is 0.134 e. The third kappa shape index (κ3) is 2.72. The summed E-state index contributed by atoms with van der Waals surface area (Å²) in [6, 6.07) is 10.5. The standard InChI is InChI=1S/C18H25NO2/c1-3-20-18(11-7-4-8-12-18)17(19-2)16-13-14-9-5-6-10-15(14)21-16/h5-6,9-10,13,17,19H,3-4,7-8,11-12H2,1-2H3. The number of rotatable bonds is 5. The zero-order valence-corrected chi connectivity index (χ0v) is 13.0. The van der Waals surface area contributed by atoms with E-state index in [1.807, 2.05) is 19.2 Å². The number of hydrogen-bond acceptors (Lipinski definition) is 3. The second-order valence-electron chi connectivity index (χ2n) is 5.97. The Hall–Kier alpha value is -1.32. The van der Waals surface area contributed by atoms with E-state index >= 15 is 0 Å². The highest BCUT2D eigenvalue weighted by atomic mass is 16.5.